The molecule has 0 spiro atoms. The van der Waals surface area contributed by atoms with Crippen LogP contribution in [-0.2, 0) is 14.4 Å². The normalized spacial score (nSPS) is 16.8. The van der Waals surface area contributed by atoms with Crippen molar-refractivity contribution in [2.45, 2.75) is 19.8 Å². The van der Waals surface area contributed by atoms with Crippen molar-refractivity contribution < 1.29 is 14.4 Å². The molecule has 1 aliphatic rings. The smallest absolute Gasteiger partial charge is 0.246 e. The minimum Gasteiger partial charge on any atom is -0.340 e. The molecule has 0 aromatic carbocycles. The van der Waals surface area contributed by atoms with Gasteiger partial charge in [0.2, 0.25) is 17.7 Å². The van der Waals surface area contributed by atoms with Gasteiger partial charge >= 0.3 is 0 Å². The third kappa shape index (κ3) is 5.14. The van der Waals surface area contributed by atoms with Gasteiger partial charge in [-0.1, -0.05) is 12.6 Å². The Labute approximate surface area is 147 Å². The molecule has 25 heavy (non-hydrogen) atoms. The molecule has 1 unspecified atom stereocenters. The van der Waals surface area contributed by atoms with Crippen LogP contribution in [0.25, 0.3) is 0 Å². The van der Waals surface area contributed by atoms with Crippen molar-refractivity contribution in [2.75, 3.05) is 31.5 Å². The Bertz CT molecular complexity index is 632. The zero-order valence-electron chi connectivity index (χ0n) is 14.5. The topological polar surface area (TPSA) is 82.6 Å². The summed E-state index contributed by atoms with van der Waals surface area (Å²) in [5.74, 6) is -0.315. The quantitative estimate of drug-likeness (QED) is 0.789. The van der Waals surface area contributed by atoms with Crippen molar-refractivity contribution in [3.8, 4) is 0 Å². The first-order chi connectivity index (χ1) is 12.0. The fourth-order valence-electron chi connectivity index (χ4n) is 2.82. The molecule has 1 N–H and O–H groups in total. The second-order valence-electron chi connectivity index (χ2n) is 5.94. The van der Waals surface area contributed by atoms with E-state index in [1.54, 1.807) is 29.3 Å². The minimum absolute atomic E-state index is 0.00985. The van der Waals surface area contributed by atoms with Gasteiger partial charge in [0.05, 0.1) is 12.5 Å². The summed E-state index contributed by atoms with van der Waals surface area (Å²) >= 11 is 0. The summed E-state index contributed by atoms with van der Waals surface area (Å²) in [6.45, 7) is 6.67. The van der Waals surface area contributed by atoms with Crippen LogP contribution < -0.4 is 5.32 Å². The van der Waals surface area contributed by atoms with E-state index < -0.39 is 0 Å². The third-order valence-corrected chi connectivity index (χ3v) is 4.26. The average molecular weight is 344 g/mol. The van der Waals surface area contributed by atoms with E-state index in [1.807, 2.05) is 6.92 Å². The summed E-state index contributed by atoms with van der Waals surface area (Å²) in [5, 5.41) is 2.78. The number of anilines is 1. The maximum atomic E-state index is 12.5. The van der Waals surface area contributed by atoms with Crippen molar-refractivity contribution in [1.29, 1.82) is 0 Å². The summed E-state index contributed by atoms with van der Waals surface area (Å²) in [6.07, 6.45) is 4.30. The minimum atomic E-state index is -0.273. The Morgan fingerprint density at radius 2 is 2.24 bits per heavy atom. The van der Waals surface area contributed by atoms with Crippen molar-refractivity contribution >= 4 is 23.5 Å². The molecule has 1 aromatic rings. The first-order valence-electron chi connectivity index (χ1n) is 8.46. The maximum Gasteiger partial charge on any atom is 0.246 e. The van der Waals surface area contributed by atoms with Gasteiger partial charge in [0.15, 0.2) is 0 Å². The van der Waals surface area contributed by atoms with Gasteiger partial charge in [0.1, 0.15) is 5.82 Å². The van der Waals surface area contributed by atoms with Crippen molar-refractivity contribution in [2.24, 2.45) is 5.92 Å². The highest BCUT2D eigenvalue weighted by atomic mass is 16.2. The number of hydrogen-bond acceptors (Lipinski definition) is 4. The Morgan fingerprint density at radius 3 is 2.88 bits per heavy atom. The monoisotopic (exact) mass is 344 g/mol. The number of carbonyl (C=O) groups excluding carboxylic acids is 3. The largest absolute Gasteiger partial charge is 0.340 e. The third-order valence-electron chi connectivity index (χ3n) is 4.26. The lowest BCUT2D eigenvalue weighted by atomic mass is 9.97. The summed E-state index contributed by atoms with van der Waals surface area (Å²) < 4.78 is 0. The Balaban J connectivity index is 1.93. The maximum absolute atomic E-state index is 12.5. The van der Waals surface area contributed by atoms with Gasteiger partial charge in [-0.2, -0.15) is 0 Å². The van der Waals surface area contributed by atoms with Crippen LogP contribution in [0.1, 0.15) is 19.8 Å². The summed E-state index contributed by atoms with van der Waals surface area (Å²) in [4.78, 5) is 43.7. The molecule has 0 aliphatic carbocycles. The van der Waals surface area contributed by atoms with E-state index in [4.69, 9.17) is 0 Å². The molecule has 1 aliphatic heterocycles. The van der Waals surface area contributed by atoms with Crippen molar-refractivity contribution in [1.82, 2.24) is 14.8 Å². The van der Waals surface area contributed by atoms with E-state index in [1.165, 1.54) is 11.0 Å². The van der Waals surface area contributed by atoms with Crippen LogP contribution in [0.15, 0.2) is 37.1 Å². The highest BCUT2D eigenvalue weighted by molar-refractivity contribution is 5.93. The van der Waals surface area contributed by atoms with E-state index in [0.29, 0.717) is 25.5 Å². The van der Waals surface area contributed by atoms with Gasteiger partial charge in [-0.3, -0.25) is 14.4 Å². The summed E-state index contributed by atoms with van der Waals surface area (Å²) in [5.41, 5.74) is 0. The molecular weight excluding hydrogens is 320 g/mol. The van der Waals surface area contributed by atoms with Gasteiger partial charge in [-0.15, -0.1) is 0 Å². The standard InChI is InChI=1S/C18H24N4O3/c1-3-16(23)21(4-2)13-17(24)22-11-7-8-14(12-22)18(25)20-15-9-5-6-10-19-15/h3,5-6,9-10,14H,1,4,7-8,11-13H2,2H3,(H,19,20,25). The molecule has 1 aromatic heterocycles. The van der Waals surface area contributed by atoms with Crippen LogP contribution >= 0.6 is 0 Å². The number of nitrogens with zero attached hydrogens (tertiary/aromatic N) is 3. The molecule has 3 amide bonds. The predicted molar refractivity (Wildman–Crippen MR) is 94.6 cm³/mol. The molecule has 7 nitrogen and oxygen atoms in total. The number of nitrogens with one attached hydrogen (secondary N) is 1. The predicted octanol–water partition coefficient (Wildman–Crippen LogP) is 1.29. The van der Waals surface area contributed by atoms with Gasteiger partial charge in [0, 0.05) is 25.8 Å². The molecule has 1 saturated heterocycles. The lowest BCUT2D eigenvalue weighted by molar-refractivity contribution is -0.140. The van der Waals surface area contributed by atoms with Crippen LogP contribution in [0, 0.1) is 5.92 Å². The first-order valence-corrected chi connectivity index (χ1v) is 8.46. The zero-order chi connectivity index (χ0) is 18.2. The number of pyridine rings is 1. The SMILES string of the molecule is C=CC(=O)N(CC)CC(=O)N1CCCC(C(=O)Nc2ccccn2)C1. The second-order valence-corrected chi connectivity index (χ2v) is 5.94. The molecule has 1 atom stereocenters. The fourth-order valence-corrected chi connectivity index (χ4v) is 2.82. The number of hydrogen-bond donors (Lipinski definition) is 1. The lowest BCUT2D eigenvalue weighted by Gasteiger charge is -2.33. The molecule has 1 fully saturated rings. The Hall–Kier alpha value is -2.70. The highest BCUT2D eigenvalue weighted by Gasteiger charge is 2.29. The Morgan fingerprint density at radius 1 is 1.44 bits per heavy atom. The van der Waals surface area contributed by atoms with Crippen molar-refractivity contribution in [3.05, 3.63) is 37.1 Å². The van der Waals surface area contributed by atoms with E-state index >= 15 is 0 Å². The summed E-state index contributed by atoms with van der Waals surface area (Å²) in [6, 6.07) is 5.31. The fraction of sp³-hybridized carbons (Fsp3) is 0.444. The highest BCUT2D eigenvalue weighted by Crippen LogP contribution is 2.18. The molecule has 0 bridgehead atoms. The molecule has 134 valence electrons. The van der Waals surface area contributed by atoms with E-state index in [-0.39, 0.29) is 30.2 Å². The number of rotatable bonds is 6. The second kappa shape index (κ2) is 8.96. The number of aromatic nitrogens is 1. The molecular formula is C18H24N4O3. The van der Waals surface area contributed by atoms with Crippen LogP contribution in [0.2, 0.25) is 0 Å². The van der Waals surface area contributed by atoms with Gasteiger partial charge < -0.3 is 15.1 Å². The van der Waals surface area contributed by atoms with Crippen LogP contribution in [0.3, 0.4) is 0 Å². The lowest BCUT2D eigenvalue weighted by Crippen LogP contribution is -2.48. The van der Waals surface area contributed by atoms with Gasteiger partial charge in [0.25, 0.3) is 0 Å². The molecule has 0 saturated carbocycles. The number of piperidine rings is 1. The Kier molecular flexibility index (Phi) is 6.68. The van der Waals surface area contributed by atoms with E-state index in [2.05, 4.69) is 16.9 Å². The number of carbonyl (C=O) groups is 3. The number of likely N-dealkylation sites (tertiary alicyclic amines) is 1. The average Bonchev–Trinajstić information content (AvgIpc) is 2.66. The molecule has 2 rings (SSSR count). The first kappa shape index (κ1) is 18.6. The number of likely N-dealkylation sites (N-methyl/N-ethyl adjacent to an activating group) is 1. The van der Waals surface area contributed by atoms with Gasteiger partial charge in [-0.25, -0.2) is 4.98 Å². The van der Waals surface area contributed by atoms with Gasteiger partial charge in [-0.05, 0) is 38.0 Å². The van der Waals surface area contributed by atoms with Crippen molar-refractivity contribution in [3.63, 3.8) is 0 Å². The molecule has 0 radical (unpaired) electrons. The van der Waals surface area contributed by atoms with Crippen LogP contribution in [-0.4, -0.2) is 58.7 Å². The van der Waals surface area contributed by atoms with E-state index in [0.717, 1.165) is 12.8 Å². The van der Waals surface area contributed by atoms with Crippen LogP contribution in [0.4, 0.5) is 5.82 Å². The van der Waals surface area contributed by atoms with Crippen LogP contribution in [0.5, 0.6) is 0 Å². The molecule has 7 heteroatoms. The molecule has 2 heterocycles. The van der Waals surface area contributed by atoms with E-state index in [9.17, 15) is 14.4 Å². The zero-order valence-corrected chi connectivity index (χ0v) is 14.5. The number of amides is 3. The summed E-state index contributed by atoms with van der Waals surface area (Å²) in [7, 11) is 0.